The summed E-state index contributed by atoms with van der Waals surface area (Å²) in [4.78, 5) is 9.08. The van der Waals surface area contributed by atoms with Crippen LogP contribution in [0, 0.1) is 6.92 Å². The van der Waals surface area contributed by atoms with Crippen LogP contribution < -0.4 is 0 Å². The molecule has 0 spiro atoms. The highest BCUT2D eigenvalue weighted by Gasteiger charge is 2.18. The number of pyridine rings is 2. The van der Waals surface area contributed by atoms with Crippen molar-refractivity contribution in [2.24, 2.45) is 0 Å². The quantitative estimate of drug-likeness (QED) is 0.613. The van der Waals surface area contributed by atoms with Gasteiger partial charge in [0.15, 0.2) is 5.65 Å². The summed E-state index contributed by atoms with van der Waals surface area (Å²) >= 11 is 0. The van der Waals surface area contributed by atoms with Crippen molar-refractivity contribution in [2.75, 3.05) is 0 Å². The van der Waals surface area contributed by atoms with Gasteiger partial charge in [0, 0.05) is 35.1 Å². The average molecular weight is 334 g/mol. The van der Waals surface area contributed by atoms with Crippen molar-refractivity contribution >= 4 is 21.9 Å². The van der Waals surface area contributed by atoms with Gasteiger partial charge in [-0.3, -0.25) is 10.1 Å². The van der Waals surface area contributed by atoms with E-state index in [1.165, 1.54) is 11.1 Å². The fraction of sp³-hybridized carbons (Fsp3) is 0.368. The molecule has 6 nitrogen and oxygen atoms in total. The van der Waals surface area contributed by atoms with Crippen LogP contribution in [0.15, 0.2) is 30.9 Å². The van der Waals surface area contributed by atoms with Gasteiger partial charge in [-0.25, -0.2) is 9.67 Å². The SMILES string of the molecule is Cc1ncc2[nH]ncc2c1C(C)Cn1ncc2c(C(C)C)ccnc21. The highest BCUT2D eigenvalue weighted by atomic mass is 15.3. The number of nitrogens with one attached hydrogen (secondary N) is 1. The molecule has 4 aromatic heterocycles. The smallest absolute Gasteiger partial charge is 0.158 e. The Kier molecular flexibility index (Phi) is 3.75. The van der Waals surface area contributed by atoms with E-state index in [-0.39, 0.29) is 5.92 Å². The average Bonchev–Trinajstić information content (AvgIpc) is 3.21. The number of nitrogens with zero attached hydrogens (tertiary/aromatic N) is 5. The fourth-order valence-corrected chi connectivity index (χ4v) is 3.64. The third-order valence-electron chi connectivity index (χ3n) is 4.87. The lowest BCUT2D eigenvalue weighted by molar-refractivity contribution is 0.554. The van der Waals surface area contributed by atoms with Crippen LogP contribution in [0.1, 0.15) is 49.4 Å². The number of hydrogen-bond donors (Lipinski definition) is 1. The summed E-state index contributed by atoms with van der Waals surface area (Å²) < 4.78 is 2.00. The molecule has 0 saturated carbocycles. The van der Waals surface area contributed by atoms with Gasteiger partial charge in [-0.1, -0.05) is 20.8 Å². The number of aryl methyl sites for hydroxylation is 1. The second kappa shape index (κ2) is 5.95. The van der Waals surface area contributed by atoms with E-state index >= 15 is 0 Å². The van der Waals surface area contributed by atoms with Gasteiger partial charge in [0.25, 0.3) is 0 Å². The molecule has 4 aromatic rings. The third-order valence-corrected chi connectivity index (χ3v) is 4.87. The molecule has 0 aromatic carbocycles. The largest absolute Gasteiger partial charge is 0.276 e. The molecule has 0 aliphatic rings. The van der Waals surface area contributed by atoms with Crippen molar-refractivity contribution in [3.8, 4) is 0 Å². The molecule has 1 N–H and O–H groups in total. The zero-order chi connectivity index (χ0) is 17.6. The van der Waals surface area contributed by atoms with Gasteiger partial charge in [-0.2, -0.15) is 10.2 Å². The number of aromatic nitrogens is 6. The van der Waals surface area contributed by atoms with Crippen molar-refractivity contribution in [3.05, 3.63) is 47.7 Å². The zero-order valence-corrected chi connectivity index (χ0v) is 15.0. The first-order valence-corrected chi connectivity index (χ1v) is 8.65. The molecule has 0 amide bonds. The van der Waals surface area contributed by atoms with Crippen molar-refractivity contribution in [1.29, 1.82) is 0 Å². The zero-order valence-electron chi connectivity index (χ0n) is 15.0. The molecule has 4 heterocycles. The molecule has 6 heteroatoms. The van der Waals surface area contributed by atoms with E-state index in [0.717, 1.165) is 34.2 Å². The van der Waals surface area contributed by atoms with Crippen molar-refractivity contribution in [2.45, 2.75) is 46.1 Å². The number of fused-ring (bicyclic) bond motifs is 2. The molecule has 0 aliphatic carbocycles. The van der Waals surface area contributed by atoms with E-state index in [0.29, 0.717) is 5.92 Å². The minimum Gasteiger partial charge on any atom is -0.276 e. The fourth-order valence-electron chi connectivity index (χ4n) is 3.64. The Morgan fingerprint density at radius 2 is 1.92 bits per heavy atom. The Balaban J connectivity index is 1.75. The molecule has 0 radical (unpaired) electrons. The second-order valence-corrected chi connectivity index (χ2v) is 6.97. The van der Waals surface area contributed by atoms with E-state index in [4.69, 9.17) is 0 Å². The summed E-state index contributed by atoms with van der Waals surface area (Å²) in [5, 5.41) is 14.1. The minimum absolute atomic E-state index is 0.251. The van der Waals surface area contributed by atoms with Crippen LogP contribution in [0.4, 0.5) is 0 Å². The number of rotatable bonds is 4. The van der Waals surface area contributed by atoms with Crippen LogP contribution in [0.5, 0.6) is 0 Å². The van der Waals surface area contributed by atoms with Crippen molar-refractivity contribution < 1.29 is 0 Å². The Morgan fingerprint density at radius 3 is 2.72 bits per heavy atom. The van der Waals surface area contributed by atoms with Crippen LogP contribution >= 0.6 is 0 Å². The summed E-state index contributed by atoms with van der Waals surface area (Å²) in [7, 11) is 0. The summed E-state index contributed by atoms with van der Waals surface area (Å²) in [6.07, 6.45) is 7.54. The Morgan fingerprint density at radius 1 is 1.08 bits per heavy atom. The molecule has 1 atom stereocenters. The third kappa shape index (κ3) is 2.58. The molecular formula is C19H22N6. The lowest BCUT2D eigenvalue weighted by atomic mass is 9.96. The van der Waals surface area contributed by atoms with Gasteiger partial charge < -0.3 is 0 Å². The van der Waals surface area contributed by atoms with E-state index in [2.05, 4.69) is 59.0 Å². The molecule has 1 unspecified atom stereocenters. The maximum absolute atomic E-state index is 4.61. The molecule has 4 rings (SSSR count). The van der Waals surface area contributed by atoms with Crippen LogP contribution in [0.25, 0.3) is 21.9 Å². The molecular weight excluding hydrogens is 312 g/mol. The first-order valence-electron chi connectivity index (χ1n) is 8.65. The minimum atomic E-state index is 0.251. The van der Waals surface area contributed by atoms with E-state index in [1.807, 2.05) is 29.5 Å². The van der Waals surface area contributed by atoms with Gasteiger partial charge in [-0.15, -0.1) is 0 Å². The summed E-state index contributed by atoms with van der Waals surface area (Å²) in [5.74, 6) is 0.702. The standard InChI is InChI=1S/C19H22N6/c1-11(2)14-5-6-20-19-15(14)8-23-25(19)10-12(3)18-13(4)21-9-17-16(18)7-22-24-17/h5-9,11-12H,10H2,1-4H3,(H,22,24). The van der Waals surface area contributed by atoms with Gasteiger partial charge >= 0.3 is 0 Å². The molecule has 128 valence electrons. The van der Waals surface area contributed by atoms with E-state index in [1.54, 1.807) is 0 Å². The van der Waals surface area contributed by atoms with Gasteiger partial charge in [0.05, 0.1) is 24.1 Å². The summed E-state index contributed by atoms with van der Waals surface area (Å²) in [6.45, 7) is 9.41. The van der Waals surface area contributed by atoms with Crippen LogP contribution in [0.3, 0.4) is 0 Å². The molecule has 0 saturated heterocycles. The lowest BCUT2D eigenvalue weighted by Crippen LogP contribution is -2.10. The Bertz CT molecular complexity index is 1040. The van der Waals surface area contributed by atoms with Crippen LogP contribution in [0.2, 0.25) is 0 Å². The lowest BCUT2D eigenvalue weighted by Gasteiger charge is -2.16. The van der Waals surface area contributed by atoms with Gasteiger partial charge in [0.2, 0.25) is 0 Å². The van der Waals surface area contributed by atoms with Crippen LogP contribution in [-0.4, -0.2) is 29.9 Å². The second-order valence-electron chi connectivity index (χ2n) is 6.97. The van der Waals surface area contributed by atoms with Gasteiger partial charge in [0.1, 0.15) is 0 Å². The highest BCUT2D eigenvalue weighted by molar-refractivity contribution is 5.82. The normalized spacial score (nSPS) is 13.2. The number of hydrogen-bond acceptors (Lipinski definition) is 4. The number of H-pyrrole nitrogens is 1. The molecule has 25 heavy (non-hydrogen) atoms. The first-order chi connectivity index (χ1) is 12.1. The maximum Gasteiger partial charge on any atom is 0.158 e. The van der Waals surface area contributed by atoms with E-state index in [9.17, 15) is 0 Å². The summed E-state index contributed by atoms with van der Waals surface area (Å²) in [6, 6.07) is 2.09. The molecule has 0 fully saturated rings. The molecule has 0 bridgehead atoms. The predicted octanol–water partition coefficient (Wildman–Crippen LogP) is 3.94. The maximum atomic E-state index is 4.61. The highest BCUT2D eigenvalue weighted by Crippen LogP contribution is 2.29. The Labute approximate surface area is 146 Å². The van der Waals surface area contributed by atoms with Crippen molar-refractivity contribution in [1.82, 2.24) is 29.9 Å². The Hall–Kier alpha value is -2.76. The topological polar surface area (TPSA) is 72.3 Å². The van der Waals surface area contributed by atoms with Crippen LogP contribution in [-0.2, 0) is 6.54 Å². The predicted molar refractivity (Wildman–Crippen MR) is 98.7 cm³/mol. The monoisotopic (exact) mass is 334 g/mol. The van der Waals surface area contributed by atoms with Crippen molar-refractivity contribution in [3.63, 3.8) is 0 Å². The summed E-state index contributed by atoms with van der Waals surface area (Å²) in [5.41, 5.74) is 5.46. The number of aromatic amines is 1. The molecule has 0 aliphatic heterocycles. The van der Waals surface area contributed by atoms with E-state index < -0.39 is 0 Å². The van der Waals surface area contributed by atoms with Gasteiger partial charge in [-0.05, 0) is 30.0 Å². The first kappa shape index (κ1) is 15.7.